The molecule has 2 heterocycles. The number of carbonyl (C=O) groups is 2. The highest BCUT2D eigenvalue weighted by Crippen LogP contribution is 2.17. The summed E-state index contributed by atoms with van der Waals surface area (Å²) in [5.41, 5.74) is 0. The van der Waals surface area contributed by atoms with Crippen LogP contribution in [0.5, 0.6) is 0 Å². The first-order valence-electron chi connectivity index (χ1n) is 5.55. The summed E-state index contributed by atoms with van der Waals surface area (Å²) in [6.07, 6.45) is 0. The molecule has 2 amide bonds. The van der Waals surface area contributed by atoms with Gasteiger partial charge >= 0.3 is 0 Å². The van der Waals surface area contributed by atoms with Crippen LogP contribution in [-0.4, -0.2) is 53.0 Å². The summed E-state index contributed by atoms with van der Waals surface area (Å²) in [4.78, 5) is 25.1. The van der Waals surface area contributed by atoms with Gasteiger partial charge in [0.1, 0.15) is 6.04 Å². The van der Waals surface area contributed by atoms with E-state index in [1.807, 2.05) is 11.8 Å². The van der Waals surface area contributed by atoms with Crippen molar-refractivity contribution in [2.75, 3.05) is 18.8 Å². The second kappa shape index (κ2) is 4.63. The van der Waals surface area contributed by atoms with Gasteiger partial charge in [-0.2, -0.15) is 0 Å². The van der Waals surface area contributed by atoms with Crippen LogP contribution in [0.4, 0.5) is 4.79 Å². The predicted molar refractivity (Wildman–Crippen MR) is 63.4 cm³/mol. The highest BCUT2D eigenvalue weighted by Gasteiger charge is 2.35. The number of hydrogen-bond donors (Lipinski definition) is 2. The van der Waals surface area contributed by atoms with Crippen LogP contribution >= 0.6 is 11.8 Å². The van der Waals surface area contributed by atoms with Gasteiger partial charge in [0.15, 0.2) is 0 Å². The van der Waals surface area contributed by atoms with Gasteiger partial charge in [0.05, 0.1) is 0 Å². The predicted octanol–water partition coefficient (Wildman–Crippen LogP) is 0.0202. The number of hydrogen-bond acceptors (Lipinski definition) is 4. The molecule has 0 bridgehead atoms. The number of nitrogens with zero attached hydrogens (tertiary/aromatic N) is 1. The van der Waals surface area contributed by atoms with Crippen molar-refractivity contribution in [3.05, 3.63) is 0 Å². The SMILES string of the molecule is CC1CN(C(=O)C2CSC(=O)N2)C(C)CN1. The Balaban J connectivity index is 2.00. The molecule has 2 aliphatic rings. The summed E-state index contributed by atoms with van der Waals surface area (Å²) < 4.78 is 0. The summed E-state index contributed by atoms with van der Waals surface area (Å²) in [6, 6.07) is 0.196. The highest BCUT2D eigenvalue weighted by atomic mass is 32.2. The summed E-state index contributed by atoms with van der Waals surface area (Å²) in [5.74, 6) is 0.613. The number of amides is 2. The lowest BCUT2D eigenvalue weighted by Crippen LogP contribution is -2.59. The van der Waals surface area contributed by atoms with Gasteiger partial charge in [0.2, 0.25) is 5.91 Å². The Kier molecular flexibility index (Phi) is 3.39. The second-order valence-corrected chi connectivity index (χ2v) is 5.44. The summed E-state index contributed by atoms with van der Waals surface area (Å²) in [6.45, 7) is 5.63. The monoisotopic (exact) mass is 243 g/mol. The molecular weight excluding hydrogens is 226 g/mol. The molecule has 16 heavy (non-hydrogen) atoms. The number of thioether (sulfide) groups is 1. The zero-order valence-corrected chi connectivity index (χ0v) is 10.3. The molecule has 2 aliphatic heterocycles. The molecule has 0 aromatic rings. The van der Waals surface area contributed by atoms with Crippen molar-refractivity contribution in [2.45, 2.75) is 32.0 Å². The second-order valence-electron chi connectivity index (χ2n) is 4.44. The van der Waals surface area contributed by atoms with Gasteiger partial charge in [0.25, 0.3) is 5.24 Å². The Hall–Kier alpha value is -0.750. The van der Waals surface area contributed by atoms with E-state index < -0.39 is 0 Å². The van der Waals surface area contributed by atoms with Gasteiger partial charge in [-0.1, -0.05) is 11.8 Å². The van der Waals surface area contributed by atoms with Crippen LogP contribution in [0.3, 0.4) is 0 Å². The van der Waals surface area contributed by atoms with Crippen molar-refractivity contribution in [3.63, 3.8) is 0 Å². The molecule has 2 N–H and O–H groups in total. The Bertz CT molecular complexity index is 310. The quantitative estimate of drug-likeness (QED) is 0.681. The van der Waals surface area contributed by atoms with Crippen molar-refractivity contribution in [1.82, 2.24) is 15.5 Å². The molecular formula is C10H17N3O2S. The third-order valence-electron chi connectivity index (χ3n) is 3.02. The van der Waals surface area contributed by atoms with Crippen molar-refractivity contribution < 1.29 is 9.59 Å². The van der Waals surface area contributed by atoms with E-state index in [0.29, 0.717) is 11.8 Å². The van der Waals surface area contributed by atoms with Crippen LogP contribution in [0.2, 0.25) is 0 Å². The zero-order chi connectivity index (χ0) is 11.7. The van der Waals surface area contributed by atoms with E-state index in [0.717, 1.165) is 13.1 Å². The summed E-state index contributed by atoms with van der Waals surface area (Å²) in [7, 11) is 0. The average molecular weight is 243 g/mol. The number of nitrogens with one attached hydrogen (secondary N) is 2. The Labute approximate surface area is 99.3 Å². The van der Waals surface area contributed by atoms with Crippen molar-refractivity contribution in [2.24, 2.45) is 0 Å². The normalized spacial score (nSPS) is 35.0. The molecule has 2 saturated heterocycles. The zero-order valence-electron chi connectivity index (χ0n) is 9.53. The fourth-order valence-electron chi connectivity index (χ4n) is 2.05. The maximum Gasteiger partial charge on any atom is 0.279 e. The van der Waals surface area contributed by atoms with Crippen LogP contribution in [0.1, 0.15) is 13.8 Å². The number of carbonyl (C=O) groups excluding carboxylic acids is 2. The molecule has 0 saturated carbocycles. The number of rotatable bonds is 1. The maximum atomic E-state index is 12.2. The van der Waals surface area contributed by atoms with E-state index in [2.05, 4.69) is 17.6 Å². The largest absolute Gasteiger partial charge is 0.335 e. The molecule has 0 aromatic carbocycles. The van der Waals surface area contributed by atoms with Crippen LogP contribution < -0.4 is 10.6 Å². The molecule has 0 spiro atoms. The Morgan fingerprint density at radius 3 is 2.88 bits per heavy atom. The van der Waals surface area contributed by atoms with Gasteiger partial charge in [0, 0.05) is 30.9 Å². The fourth-order valence-corrected chi connectivity index (χ4v) is 2.82. The highest BCUT2D eigenvalue weighted by molar-refractivity contribution is 8.14. The molecule has 0 radical (unpaired) electrons. The Morgan fingerprint density at radius 1 is 1.50 bits per heavy atom. The maximum absolute atomic E-state index is 12.2. The van der Waals surface area contributed by atoms with Crippen molar-refractivity contribution in [1.29, 1.82) is 0 Å². The van der Waals surface area contributed by atoms with Gasteiger partial charge in [-0.25, -0.2) is 0 Å². The third-order valence-corrected chi connectivity index (χ3v) is 3.90. The van der Waals surface area contributed by atoms with Gasteiger partial charge in [-0.3, -0.25) is 9.59 Å². The average Bonchev–Trinajstić information content (AvgIpc) is 2.67. The lowest BCUT2D eigenvalue weighted by atomic mass is 10.1. The molecule has 6 heteroatoms. The van der Waals surface area contributed by atoms with Crippen LogP contribution in [0, 0.1) is 0 Å². The first kappa shape index (κ1) is 11.7. The molecule has 3 unspecified atom stereocenters. The smallest absolute Gasteiger partial charge is 0.279 e. The lowest BCUT2D eigenvalue weighted by molar-refractivity contribution is -0.136. The van der Waals surface area contributed by atoms with Crippen LogP contribution in [0.25, 0.3) is 0 Å². The molecule has 5 nitrogen and oxygen atoms in total. The minimum absolute atomic E-state index is 0.0548. The molecule has 3 atom stereocenters. The third kappa shape index (κ3) is 2.32. The van der Waals surface area contributed by atoms with Gasteiger partial charge in [-0.05, 0) is 13.8 Å². The van der Waals surface area contributed by atoms with Crippen LogP contribution in [0.15, 0.2) is 0 Å². The first-order valence-corrected chi connectivity index (χ1v) is 6.53. The van der Waals surface area contributed by atoms with E-state index >= 15 is 0 Å². The number of piperazine rings is 1. The summed E-state index contributed by atoms with van der Waals surface area (Å²) in [5, 5.41) is 5.94. The van der Waals surface area contributed by atoms with E-state index in [4.69, 9.17) is 0 Å². The molecule has 90 valence electrons. The molecule has 2 fully saturated rings. The lowest BCUT2D eigenvalue weighted by Gasteiger charge is -2.38. The standard InChI is InChI=1S/C10H17N3O2S/c1-6-4-13(7(2)3-11-6)9(14)8-5-16-10(15)12-8/h6-8,11H,3-5H2,1-2H3,(H,12,15). The molecule has 0 aliphatic carbocycles. The van der Waals surface area contributed by atoms with Crippen LogP contribution in [-0.2, 0) is 4.79 Å². The summed E-state index contributed by atoms with van der Waals surface area (Å²) >= 11 is 1.19. The van der Waals surface area contributed by atoms with E-state index in [9.17, 15) is 9.59 Å². The van der Waals surface area contributed by atoms with Gasteiger partial charge in [-0.15, -0.1) is 0 Å². The topological polar surface area (TPSA) is 61.4 Å². The molecule has 0 aromatic heterocycles. The molecule has 2 rings (SSSR count). The van der Waals surface area contributed by atoms with Crippen molar-refractivity contribution >= 4 is 22.9 Å². The van der Waals surface area contributed by atoms with Gasteiger partial charge < -0.3 is 15.5 Å². The minimum atomic E-state index is -0.328. The van der Waals surface area contributed by atoms with E-state index in [1.165, 1.54) is 11.8 Å². The van der Waals surface area contributed by atoms with Crippen molar-refractivity contribution in [3.8, 4) is 0 Å². The fraction of sp³-hybridized carbons (Fsp3) is 0.800. The van der Waals surface area contributed by atoms with E-state index in [1.54, 1.807) is 0 Å². The minimum Gasteiger partial charge on any atom is -0.335 e. The Morgan fingerprint density at radius 2 is 2.25 bits per heavy atom. The first-order chi connectivity index (χ1) is 7.58. The van der Waals surface area contributed by atoms with E-state index in [-0.39, 0.29) is 23.2 Å².